The van der Waals surface area contributed by atoms with Crippen LogP contribution in [0.4, 0.5) is 0 Å². The number of benzene rings is 1. The van der Waals surface area contributed by atoms with Crippen LogP contribution in [0.3, 0.4) is 0 Å². The van der Waals surface area contributed by atoms with Gasteiger partial charge in [-0.15, -0.1) is 0 Å². The predicted octanol–water partition coefficient (Wildman–Crippen LogP) is 0.678. The molecular weight excluding hydrogens is 296 g/mol. The van der Waals surface area contributed by atoms with E-state index in [2.05, 4.69) is 4.18 Å². The topological polar surface area (TPSA) is 107 Å². The molecule has 9 heteroatoms. The van der Waals surface area contributed by atoms with E-state index >= 15 is 0 Å². The summed E-state index contributed by atoms with van der Waals surface area (Å²) in [5.41, 5.74) is 0. The summed E-state index contributed by atoms with van der Waals surface area (Å²) in [5, 5.41) is 0. The van der Waals surface area contributed by atoms with Gasteiger partial charge in [0.05, 0.1) is 23.9 Å². The molecule has 0 saturated heterocycles. The summed E-state index contributed by atoms with van der Waals surface area (Å²) in [5.74, 6) is -0.0172. The third-order valence-corrected chi connectivity index (χ3v) is 4.24. The molecule has 0 bridgehead atoms. The molecule has 108 valence electrons. The summed E-state index contributed by atoms with van der Waals surface area (Å²) in [7, 11) is -8.30. The zero-order valence-corrected chi connectivity index (χ0v) is 11.8. The maximum absolute atomic E-state index is 11.8. The van der Waals surface area contributed by atoms with Gasteiger partial charge in [-0.05, 0) is 31.2 Å². The second-order valence-corrected chi connectivity index (χ2v) is 6.67. The molecule has 0 fully saturated rings. The van der Waals surface area contributed by atoms with Crippen molar-refractivity contribution >= 4 is 20.2 Å². The fourth-order valence-corrected chi connectivity index (χ4v) is 2.77. The van der Waals surface area contributed by atoms with E-state index in [0.717, 1.165) is 0 Å². The Bertz CT molecular complexity index is 602. The summed E-state index contributed by atoms with van der Waals surface area (Å²) in [6.45, 7) is 1.62. The highest BCUT2D eigenvalue weighted by molar-refractivity contribution is 7.91. The Morgan fingerprint density at radius 3 is 2.16 bits per heavy atom. The van der Waals surface area contributed by atoms with E-state index in [-0.39, 0.29) is 4.90 Å². The molecule has 19 heavy (non-hydrogen) atoms. The molecule has 0 amide bonds. The summed E-state index contributed by atoms with van der Waals surface area (Å²) < 4.78 is 61.6. The molecule has 0 unspecified atom stereocenters. The molecule has 1 aromatic carbocycles. The van der Waals surface area contributed by atoms with Crippen molar-refractivity contribution in [1.29, 1.82) is 0 Å². The summed E-state index contributed by atoms with van der Waals surface area (Å²) >= 11 is 0. The van der Waals surface area contributed by atoms with Gasteiger partial charge in [0.15, 0.2) is 9.84 Å². The lowest BCUT2D eigenvalue weighted by Gasteiger charge is -2.06. The number of ether oxygens (including phenoxy) is 1. The van der Waals surface area contributed by atoms with Crippen molar-refractivity contribution < 1.29 is 30.3 Å². The van der Waals surface area contributed by atoms with E-state index in [1.807, 2.05) is 0 Å². The summed E-state index contributed by atoms with van der Waals surface area (Å²) in [6.07, 6.45) is 0. The van der Waals surface area contributed by atoms with Crippen molar-refractivity contribution in [3.63, 3.8) is 0 Å². The minimum absolute atomic E-state index is 0.0230. The zero-order chi connectivity index (χ0) is 14.5. The van der Waals surface area contributed by atoms with Crippen LogP contribution in [0.15, 0.2) is 29.2 Å². The van der Waals surface area contributed by atoms with Gasteiger partial charge in [0, 0.05) is 0 Å². The number of hydrogen-bond donors (Lipinski definition) is 1. The van der Waals surface area contributed by atoms with Gasteiger partial charge in [0.1, 0.15) is 5.75 Å². The van der Waals surface area contributed by atoms with Crippen LogP contribution in [0.25, 0.3) is 0 Å². The average Bonchev–Trinajstić information content (AvgIpc) is 2.28. The van der Waals surface area contributed by atoms with Crippen LogP contribution < -0.4 is 4.74 Å². The molecule has 0 spiro atoms. The van der Waals surface area contributed by atoms with Gasteiger partial charge in [-0.3, -0.25) is 4.55 Å². The Morgan fingerprint density at radius 2 is 1.68 bits per heavy atom. The molecule has 0 aromatic heterocycles. The molecule has 1 rings (SSSR count). The lowest BCUT2D eigenvalue weighted by atomic mass is 10.3. The van der Waals surface area contributed by atoms with E-state index < -0.39 is 32.6 Å². The van der Waals surface area contributed by atoms with Gasteiger partial charge in [0.25, 0.3) is 0 Å². The maximum Gasteiger partial charge on any atom is 0.397 e. The summed E-state index contributed by atoms with van der Waals surface area (Å²) in [4.78, 5) is 0.0230. The molecule has 0 radical (unpaired) electrons. The van der Waals surface area contributed by atoms with Gasteiger partial charge in [0.2, 0.25) is 0 Å². The Balaban J connectivity index is 2.72. The normalized spacial score (nSPS) is 12.3. The minimum atomic E-state index is -4.63. The average molecular weight is 310 g/mol. The molecule has 0 aliphatic carbocycles. The van der Waals surface area contributed by atoms with E-state index in [1.165, 1.54) is 24.3 Å². The monoisotopic (exact) mass is 310 g/mol. The highest BCUT2D eigenvalue weighted by Crippen LogP contribution is 2.17. The van der Waals surface area contributed by atoms with Crippen LogP contribution in [-0.2, 0) is 24.4 Å². The SMILES string of the molecule is CCOc1ccc(S(=O)(=O)CCOS(=O)(=O)O)cc1. The standard InChI is InChI=1S/C10H14O7S2/c1-2-16-9-3-5-10(6-4-9)18(11,12)8-7-17-19(13,14)15/h3-6H,2,7-8H2,1H3,(H,13,14,15). The van der Waals surface area contributed by atoms with Crippen molar-refractivity contribution in [3.8, 4) is 5.75 Å². The zero-order valence-electron chi connectivity index (χ0n) is 10.1. The second-order valence-electron chi connectivity index (χ2n) is 3.47. The largest absolute Gasteiger partial charge is 0.494 e. The highest BCUT2D eigenvalue weighted by Gasteiger charge is 2.16. The lowest BCUT2D eigenvalue weighted by molar-refractivity contribution is 0.284. The Morgan fingerprint density at radius 1 is 1.11 bits per heavy atom. The number of hydrogen-bond acceptors (Lipinski definition) is 6. The molecule has 1 aromatic rings. The van der Waals surface area contributed by atoms with Crippen LogP contribution in [-0.4, -0.2) is 40.4 Å². The Kier molecular flexibility index (Phi) is 5.29. The van der Waals surface area contributed by atoms with Crippen LogP contribution in [0.5, 0.6) is 5.75 Å². The Labute approximate surface area is 112 Å². The van der Waals surface area contributed by atoms with Crippen molar-refractivity contribution in [3.05, 3.63) is 24.3 Å². The fraction of sp³-hybridized carbons (Fsp3) is 0.400. The van der Waals surface area contributed by atoms with Gasteiger partial charge < -0.3 is 4.74 Å². The predicted molar refractivity (Wildman–Crippen MR) is 67.2 cm³/mol. The lowest BCUT2D eigenvalue weighted by Crippen LogP contribution is -2.15. The minimum Gasteiger partial charge on any atom is -0.494 e. The maximum atomic E-state index is 11.8. The second kappa shape index (κ2) is 6.33. The third-order valence-electron chi connectivity index (χ3n) is 2.08. The van der Waals surface area contributed by atoms with E-state index in [9.17, 15) is 16.8 Å². The molecule has 0 saturated carbocycles. The van der Waals surface area contributed by atoms with Gasteiger partial charge in [-0.1, -0.05) is 0 Å². The summed E-state index contributed by atoms with van der Waals surface area (Å²) in [6, 6.07) is 5.71. The van der Waals surface area contributed by atoms with Crippen LogP contribution in [0.2, 0.25) is 0 Å². The first-order chi connectivity index (χ1) is 8.74. The van der Waals surface area contributed by atoms with Gasteiger partial charge >= 0.3 is 10.4 Å². The first kappa shape index (κ1) is 15.9. The smallest absolute Gasteiger partial charge is 0.397 e. The van der Waals surface area contributed by atoms with Crippen molar-refractivity contribution in [1.82, 2.24) is 0 Å². The first-order valence-corrected chi connectivity index (χ1v) is 8.34. The van der Waals surface area contributed by atoms with Crippen LogP contribution >= 0.6 is 0 Å². The highest BCUT2D eigenvalue weighted by atomic mass is 32.3. The van der Waals surface area contributed by atoms with E-state index in [4.69, 9.17) is 9.29 Å². The van der Waals surface area contributed by atoms with Gasteiger partial charge in [-0.25, -0.2) is 12.6 Å². The molecule has 1 N–H and O–H groups in total. The van der Waals surface area contributed by atoms with E-state index in [1.54, 1.807) is 6.92 Å². The van der Waals surface area contributed by atoms with Crippen LogP contribution in [0, 0.1) is 0 Å². The quantitative estimate of drug-likeness (QED) is 0.738. The van der Waals surface area contributed by atoms with Crippen LogP contribution in [0.1, 0.15) is 6.92 Å². The number of sulfone groups is 1. The molecule has 0 heterocycles. The van der Waals surface area contributed by atoms with E-state index in [0.29, 0.717) is 12.4 Å². The number of rotatable bonds is 7. The Hall–Kier alpha value is -1.16. The first-order valence-electron chi connectivity index (χ1n) is 5.32. The third kappa shape index (κ3) is 5.55. The van der Waals surface area contributed by atoms with Crippen molar-refractivity contribution in [2.75, 3.05) is 19.0 Å². The van der Waals surface area contributed by atoms with Gasteiger partial charge in [-0.2, -0.15) is 8.42 Å². The van der Waals surface area contributed by atoms with Crippen molar-refractivity contribution in [2.24, 2.45) is 0 Å². The molecule has 0 aliphatic heterocycles. The molecular formula is C10H14O7S2. The fourth-order valence-electron chi connectivity index (χ4n) is 1.28. The molecule has 0 aliphatic rings. The molecule has 7 nitrogen and oxygen atoms in total. The molecule has 0 atom stereocenters. The van der Waals surface area contributed by atoms with Crippen molar-refractivity contribution in [2.45, 2.75) is 11.8 Å².